The van der Waals surface area contributed by atoms with E-state index < -0.39 is 5.41 Å². The SMILES string of the molecule is Cc1ccccc1-c1ccccc1CC1(C(=O)NC(C)C)CCN(C(=O)CC(C)C)CC1. The van der Waals surface area contributed by atoms with E-state index in [-0.39, 0.29) is 17.9 Å². The van der Waals surface area contributed by atoms with E-state index >= 15 is 0 Å². The van der Waals surface area contributed by atoms with E-state index in [9.17, 15) is 9.59 Å². The summed E-state index contributed by atoms with van der Waals surface area (Å²) in [7, 11) is 0. The van der Waals surface area contributed by atoms with Crippen LogP contribution < -0.4 is 5.32 Å². The van der Waals surface area contributed by atoms with E-state index in [2.05, 4.69) is 74.6 Å². The van der Waals surface area contributed by atoms with E-state index in [0.717, 1.165) is 0 Å². The number of likely N-dealkylation sites (tertiary alicyclic amines) is 1. The first-order valence-corrected chi connectivity index (χ1v) is 11.9. The van der Waals surface area contributed by atoms with Crippen LogP contribution in [0.2, 0.25) is 0 Å². The molecule has 0 aromatic heterocycles. The molecule has 0 saturated carbocycles. The van der Waals surface area contributed by atoms with E-state index in [1.54, 1.807) is 0 Å². The molecule has 1 fully saturated rings. The van der Waals surface area contributed by atoms with Gasteiger partial charge in [0.1, 0.15) is 0 Å². The van der Waals surface area contributed by atoms with Crippen LogP contribution in [0.1, 0.15) is 58.1 Å². The number of rotatable bonds is 7. The number of amides is 2. The molecular formula is C28H38N2O2. The van der Waals surface area contributed by atoms with Gasteiger partial charge < -0.3 is 10.2 Å². The summed E-state index contributed by atoms with van der Waals surface area (Å²) in [6.07, 6.45) is 2.64. The number of benzene rings is 2. The van der Waals surface area contributed by atoms with Crippen molar-refractivity contribution in [2.75, 3.05) is 13.1 Å². The van der Waals surface area contributed by atoms with Gasteiger partial charge in [-0.05, 0) is 68.2 Å². The molecular weight excluding hydrogens is 396 g/mol. The number of carbonyl (C=O) groups excluding carboxylic acids is 2. The third kappa shape index (κ3) is 5.59. The van der Waals surface area contributed by atoms with Crippen LogP contribution in [0.25, 0.3) is 11.1 Å². The van der Waals surface area contributed by atoms with E-state index in [1.807, 2.05) is 18.7 Å². The zero-order chi connectivity index (χ0) is 23.3. The summed E-state index contributed by atoms with van der Waals surface area (Å²) < 4.78 is 0. The van der Waals surface area contributed by atoms with Crippen LogP contribution in [0.5, 0.6) is 0 Å². The Labute approximate surface area is 193 Å². The first-order chi connectivity index (χ1) is 15.2. The van der Waals surface area contributed by atoms with Gasteiger partial charge in [-0.15, -0.1) is 0 Å². The number of hydrogen-bond donors (Lipinski definition) is 1. The van der Waals surface area contributed by atoms with Crippen molar-refractivity contribution in [1.29, 1.82) is 0 Å². The second-order valence-electron chi connectivity index (χ2n) is 10.0. The average Bonchev–Trinajstić information content (AvgIpc) is 2.74. The Kier molecular flexibility index (Phi) is 7.76. The number of carbonyl (C=O) groups is 2. The highest BCUT2D eigenvalue weighted by atomic mass is 16.2. The van der Waals surface area contributed by atoms with Crippen LogP contribution in [0, 0.1) is 18.3 Å². The lowest BCUT2D eigenvalue weighted by Gasteiger charge is -2.41. The van der Waals surface area contributed by atoms with Gasteiger partial charge in [0.25, 0.3) is 0 Å². The predicted molar refractivity (Wildman–Crippen MR) is 131 cm³/mol. The average molecular weight is 435 g/mol. The van der Waals surface area contributed by atoms with Crippen molar-refractivity contribution in [3.05, 3.63) is 59.7 Å². The van der Waals surface area contributed by atoms with Crippen molar-refractivity contribution in [1.82, 2.24) is 10.2 Å². The second-order valence-corrected chi connectivity index (χ2v) is 10.0. The first kappa shape index (κ1) is 24.0. The van der Waals surface area contributed by atoms with Gasteiger partial charge in [0.2, 0.25) is 11.8 Å². The molecule has 2 amide bonds. The summed E-state index contributed by atoms with van der Waals surface area (Å²) in [6.45, 7) is 11.6. The molecule has 0 atom stereocenters. The Morgan fingerprint density at radius 3 is 2.12 bits per heavy atom. The molecule has 2 aromatic carbocycles. The largest absolute Gasteiger partial charge is 0.353 e. The van der Waals surface area contributed by atoms with Gasteiger partial charge in [-0.3, -0.25) is 9.59 Å². The maximum atomic E-state index is 13.5. The minimum absolute atomic E-state index is 0.0894. The van der Waals surface area contributed by atoms with Crippen molar-refractivity contribution in [3.8, 4) is 11.1 Å². The quantitative estimate of drug-likeness (QED) is 0.636. The molecule has 0 unspecified atom stereocenters. The maximum Gasteiger partial charge on any atom is 0.226 e. The molecule has 1 aliphatic rings. The highest BCUT2D eigenvalue weighted by Gasteiger charge is 2.42. The summed E-state index contributed by atoms with van der Waals surface area (Å²) in [5.41, 5.74) is 4.34. The monoisotopic (exact) mass is 434 g/mol. The van der Waals surface area contributed by atoms with Crippen molar-refractivity contribution in [2.45, 2.75) is 66.3 Å². The Bertz CT molecular complexity index is 940. The van der Waals surface area contributed by atoms with Gasteiger partial charge in [-0.25, -0.2) is 0 Å². The van der Waals surface area contributed by atoms with Crippen molar-refractivity contribution >= 4 is 11.8 Å². The topological polar surface area (TPSA) is 49.4 Å². The molecule has 1 saturated heterocycles. The fourth-order valence-corrected chi connectivity index (χ4v) is 4.74. The highest BCUT2D eigenvalue weighted by Crippen LogP contribution is 2.39. The predicted octanol–water partition coefficient (Wildman–Crippen LogP) is 5.38. The maximum absolute atomic E-state index is 13.5. The molecule has 32 heavy (non-hydrogen) atoms. The summed E-state index contributed by atoms with van der Waals surface area (Å²) in [5.74, 6) is 0.667. The number of hydrogen-bond acceptors (Lipinski definition) is 2. The van der Waals surface area contributed by atoms with Crippen LogP contribution in [0.3, 0.4) is 0 Å². The number of piperidine rings is 1. The molecule has 0 spiro atoms. The third-order valence-corrected chi connectivity index (χ3v) is 6.54. The molecule has 2 aromatic rings. The molecule has 3 rings (SSSR count). The summed E-state index contributed by atoms with van der Waals surface area (Å²) in [6, 6.07) is 16.9. The summed E-state index contributed by atoms with van der Waals surface area (Å²) in [5, 5.41) is 3.18. The lowest BCUT2D eigenvalue weighted by atomic mass is 9.71. The van der Waals surface area contributed by atoms with Gasteiger partial charge in [-0.1, -0.05) is 62.4 Å². The molecule has 4 heteroatoms. The van der Waals surface area contributed by atoms with Crippen molar-refractivity contribution < 1.29 is 9.59 Å². The Balaban J connectivity index is 1.90. The third-order valence-electron chi connectivity index (χ3n) is 6.54. The van der Waals surface area contributed by atoms with Crippen molar-refractivity contribution in [3.63, 3.8) is 0 Å². The smallest absolute Gasteiger partial charge is 0.226 e. The van der Waals surface area contributed by atoms with Crippen LogP contribution in [-0.2, 0) is 16.0 Å². The molecule has 1 aliphatic heterocycles. The van der Waals surface area contributed by atoms with Gasteiger partial charge in [0.15, 0.2) is 0 Å². The van der Waals surface area contributed by atoms with E-state index in [4.69, 9.17) is 0 Å². The van der Waals surface area contributed by atoms with Gasteiger partial charge >= 0.3 is 0 Å². The molecule has 1 N–H and O–H groups in total. The van der Waals surface area contributed by atoms with Crippen molar-refractivity contribution in [2.24, 2.45) is 11.3 Å². The minimum atomic E-state index is -0.502. The summed E-state index contributed by atoms with van der Waals surface area (Å²) in [4.78, 5) is 28.1. The minimum Gasteiger partial charge on any atom is -0.353 e. The number of nitrogens with one attached hydrogen (secondary N) is 1. The second kappa shape index (κ2) is 10.3. The standard InChI is InChI=1S/C28H38N2O2/c1-20(2)18-26(31)30-16-14-28(15-17-30,27(32)29-21(3)4)19-23-11-7-9-13-25(23)24-12-8-6-10-22(24)5/h6-13,20-21H,14-19H2,1-5H3,(H,29,32). The molecule has 4 nitrogen and oxygen atoms in total. The Morgan fingerprint density at radius 1 is 0.938 bits per heavy atom. The Hall–Kier alpha value is -2.62. The fraction of sp³-hybridized carbons (Fsp3) is 0.500. The Morgan fingerprint density at radius 2 is 1.53 bits per heavy atom. The fourth-order valence-electron chi connectivity index (χ4n) is 4.74. The lowest BCUT2D eigenvalue weighted by molar-refractivity contribution is -0.141. The zero-order valence-corrected chi connectivity index (χ0v) is 20.3. The van der Waals surface area contributed by atoms with Crippen LogP contribution in [0.15, 0.2) is 48.5 Å². The summed E-state index contributed by atoms with van der Waals surface area (Å²) >= 11 is 0. The number of nitrogens with zero attached hydrogens (tertiary/aromatic N) is 1. The lowest BCUT2D eigenvalue weighted by Crippen LogP contribution is -2.52. The normalized spacial score (nSPS) is 15.8. The van der Waals surface area contributed by atoms with Gasteiger partial charge in [0, 0.05) is 25.6 Å². The van der Waals surface area contributed by atoms with Crippen LogP contribution in [-0.4, -0.2) is 35.8 Å². The molecule has 0 aliphatic carbocycles. The zero-order valence-electron chi connectivity index (χ0n) is 20.3. The molecule has 0 bridgehead atoms. The van der Waals surface area contributed by atoms with Gasteiger partial charge in [0.05, 0.1) is 5.41 Å². The molecule has 0 radical (unpaired) electrons. The van der Waals surface area contributed by atoms with E-state index in [0.29, 0.717) is 44.7 Å². The van der Waals surface area contributed by atoms with Gasteiger partial charge in [-0.2, -0.15) is 0 Å². The van der Waals surface area contributed by atoms with E-state index in [1.165, 1.54) is 22.3 Å². The van der Waals surface area contributed by atoms with Crippen LogP contribution >= 0.6 is 0 Å². The van der Waals surface area contributed by atoms with Crippen LogP contribution in [0.4, 0.5) is 0 Å². The molecule has 172 valence electrons. The number of aryl methyl sites for hydroxylation is 1. The first-order valence-electron chi connectivity index (χ1n) is 11.9. The molecule has 1 heterocycles. The highest BCUT2D eigenvalue weighted by molar-refractivity contribution is 5.85.